The van der Waals surface area contributed by atoms with E-state index in [2.05, 4.69) is 4.98 Å². The van der Waals surface area contributed by atoms with Crippen LogP contribution in [0.3, 0.4) is 0 Å². The lowest BCUT2D eigenvalue weighted by molar-refractivity contribution is 0.00578. The van der Waals surface area contributed by atoms with Crippen molar-refractivity contribution in [2.24, 2.45) is 0 Å². The molecule has 1 N–H and O–H groups in total. The van der Waals surface area contributed by atoms with Gasteiger partial charge in [-0.2, -0.15) is 0 Å². The lowest BCUT2D eigenvalue weighted by Crippen LogP contribution is -2.41. The van der Waals surface area contributed by atoms with Crippen molar-refractivity contribution in [3.05, 3.63) is 28.7 Å². The van der Waals surface area contributed by atoms with E-state index >= 15 is 0 Å². The van der Waals surface area contributed by atoms with Crippen molar-refractivity contribution in [2.75, 3.05) is 0 Å². The molecule has 2 heterocycles. The van der Waals surface area contributed by atoms with Gasteiger partial charge in [0.25, 0.3) is 0 Å². The maximum atomic E-state index is 12.1. The molecular weight excluding hydrogens is 279 g/mol. The highest BCUT2D eigenvalue weighted by atomic mass is 16.7. The van der Waals surface area contributed by atoms with E-state index in [0.29, 0.717) is 6.04 Å². The Morgan fingerprint density at radius 3 is 2.41 bits per heavy atom. The number of nitrogens with zero attached hydrogens (tertiary/aromatic N) is 1. The fourth-order valence-corrected chi connectivity index (χ4v) is 2.96. The summed E-state index contributed by atoms with van der Waals surface area (Å²) in [6.07, 6.45) is 2.15. The fraction of sp³-hybridized carbons (Fsp3) is 0.562. The van der Waals surface area contributed by atoms with Gasteiger partial charge in [0.05, 0.1) is 22.2 Å². The number of nitrogens with one attached hydrogen (secondary N) is 1. The average molecular weight is 300 g/mol. The molecule has 0 spiro atoms. The molecule has 0 radical (unpaired) electrons. The molecule has 1 aliphatic heterocycles. The van der Waals surface area contributed by atoms with Crippen molar-refractivity contribution >= 4 is 23.6 Å². The standard InChI is InChI=1S/C16H21BN2O3/c1-15(2)16(3,4)22-17(21-15)10-5-8-12-13(9-10)19(11-6-7-11)14(20)18-12/h5,8-9,11H,6-7H2,1-4H3,(H,18,20). The van der Waals surface area contributed by atoms with Crippen LogP contribution in [0.1, 0.15) is 46.6 Å². The van der Waals surface area contributed by atoms with Crippen LogP contribution in [0.5, 0.6) is 0 Å². The van der Waals surface area contributed by atoms with Crippen LogP contribution in [0.2, 0.25) is 0 Å². The van der Waals surface area contributed by atoms with E-state index in [0.717, 1.165) is 29.3 Å². The molecule has 0 amide bonds. The first-order valence-electron chi connectivity index (χ1n) is 7.88. The smallest absolute Gasteiger partial charge is 0.399 e. The average Bonchev–Trinajstić information content (AvgIpc) is 3.14. The second kappa shape index (κ2) is 4.27. The van der Waals surface area contributed by atoms with E-state index in [4.69, 9.17) is 9.31 Å². The van der Waals surface area contributed by atoms with Gasteiger partial charge in [-0.15, -0.1) is 0 Å². The van der Waals surface area contributed by atoms with E-state index in [9.17, 15) is 4.79 Å². The second-order valence-corrected chi connectivity index (χ2v) is 7.40. The van der Waals surface area contributed by atoms with Crippen molar-refractivity contribution in [1.82, 2.24) is 9.55 Å². The summed E-state index contributed by atoms with van der Waals surface area (Å²) in [7, 11) is -0.396. The van der Waals surface area contributed by atoms with Gasteiger partial charge in [0.2, 0.25) is 0 Å². The van der Waals surface area contributed by atoms with E-state index in [1.807, 2.05) is 50.5 Å². The summed E-state index contributed by atoms with van der Waals surface area (Å²) in [6, 6.07) is 6.27. The highest BCUT2D eigenvalue weighted by molar-refractivity contribution is 6.62. The van der Waals surface area contributed by atoms with Gasteiger partial charge in [-0.1, -0.05) is 6.07 Å². The summed E-state index contributed by atoms with van der Waals surface area (Å²) >= 11 is 0. The van der Waals surface area contributed by atoms with Gasteiger partial charge in [-0.25, -0.2) is 4.79 Å². The van der Waals surface area contributed by atoms with Crippen LogP contribution in [-0.2, 0) is 9.31 Å². The summed E-state index contributed by atoms with van der Waals surface area (Å²) in [4.78, 5) is 15.0. The number of hydrogen-bond donors (Lipinski definition) is 1. The molecule has 22 heavy (non-hydrogen) atoms. The highest BCUT2D eigenvalue weighted by Crippen LogP contribution is 2.37. The Kier molecular flexibility index (Phi) is 2.73. The predicted molar refractivity (Wildman–Crippen MR) is 86.5 cm³/mol. The Hall–Kier alpha value is -1.53. The Morgan fingerprint density at radius 2 is 1.82 bits per heavy atom. The first kappa shape index (κ1) is 14.1. The SMILES string of the molecule is CC1(C)OB(c2ccc3[nH]c(=O)n(C4CC4)c3c2)OC1(C)C. The number of hydrogen-bond acceptors (Lipinski definition) is 3. The van der Waals surface area contributed by atoms with Crippen molar-refractivity contribution in [3.8, 4) is 0 Å². The topological polar surface area (TPSA) is 56.2 Å². The summed E-state index contributed by atoms with van der Waals surface area (Å²) < 4.78 is 14.1. The Morgan fingerprint density at radius 1 is 1.18 bits per heavy atom. The minimum absolute atomic E-state index is 0.0245. The second-order valence-electron chi connectivity index (χ2n) is 7.40. The third-order valence-corrected chi connectivity index (χ3v) is 5.18. The summed E-state index contributed by atoms with van der Waals surface area (Å²) in [5, 5.41) is 0. The first-order valence-corrected chi connectivity index (χ1v) is 7.88. The van der Waals surface area contributed by atoms with Crippen LogP contribution >= 0.6 is 0 Å². The molecule has 1 aromatic carbocycles. The Balaban J connectivity index is 1.77. The Bertz CT molecular complexity index is 785. The summed E-state index contributed by atoms with van der Waals surface area (Å²) in [5.74, 6) is 0. The van der Waals surface area contributed by atoms with Crippen LogP contribution in [0.15, 0.2) is 23.0 Å². The zero-order valence-electron chi connectivity index (χ0n) is 13.5. The number of aromatic amines is 1. The summed E-state index contributed by atoms with van der Waals surface area (Å²) in [5.41, 5.74) is 2.03. The van der Waals surface area contributed by atoms with Crippen LogP contribution in [0.4, 0.5) is 0 Å². The molecule has 1 saturated carbocycles. The van der Waals surface area contributed by atoms with E-state index < -0.39 is 7.12 Å². The minimum atomic E-state index is -0.396. The zero-order valence-corrected chi connectivity index (χ0v) is 13.5. The number of H-pyrrole nitrogens is 1. The van der Waals surface area contributed by atoms with Crippen molar-refractivity contribution in [1.29, 1.82) is 0 Å². The Labute approximate surface area is 129 Å². The maximum absolute atomic E-state index is 12.1. The highest BCUT2D eigenvalue weighted by Gasteiger charge is 2.51. The van der Waals surface area contributed by atoms with Gasteiger partial charge in [0.1, 0.15) is 0 Å². The molecule has 2 aromatic rings. The lowest BCUT2D eigenvalue weighted by atomic mass is 9.79. The molecule has 2 fully saturated rings. The van der Waals surface area contributed by atoms with Crippen LogP contribution in [0, 0.1) is 0 Å². The third kappa shape index (κ3) is 1.97. The van der Waals surface area contributed by atoms with Gasteiger partial charge in [-0.05, 0) is 58.1 Å². The monoisotopic (exact) mass is 300 g/mol. The molecule has 1 aliphatic carbocycles. The van der Waals surface area contributed by atoms with Gasteiger partial charge in [0.15, 0.2) is 0 Å². The number of rotatable bonds is 2. The molecule has 0 atom stereocenters. The fourth-order valence-electron chi connectivity index (χ4n) is 2.96. The van der Waals surface area contributed by atoms with E-state index in [1.165, 1.54) is 0 Å². The molecule has 116 valence electrons. The summed E-state index contributed by atoms with van der Waals surface area (Å²) in [6.45, 7) is 8.17. The normalized spacial score (nSPS) is 23.4. The number of benzene rings is 1. The zero-order chi connectivity index (χ0) is 15.7. The van der Waals surface area contributed by atoms with Gasteiger partial charge in [-0.3, -0.25) is 4.57 Å². The van der Waals surface area contributed by atoms with Crippen LogP contribution in [-0.4, -0.2) is 27.9 Å². The lowest BCUT2D eigenvalue weighted by Gasteiger charge is -2.32. The van der Waals surface area contributed by atoms with Crippen LogP contribution in [0.25, 0.3) is 11.0 Å². The molecule has 6 heteroatoms. The third-order valence-electron chi connectivity index (χ3n) is 5.18. The van der Waals surface area contributed by atoms with Crippen LogP contribution < -0.4 is 11.2 Å². The molecule has 0 unspecified atom stereocenters. The van der Waals surface area contributed by atoms with Crippen molar-refractivity contribution in [3.63, 3.8) is 0 Å². The number of fused-ring (bicyclic) bond motifs is 1. The van der Waals surface area contributed by atoms with Gasteiger partial charge < -0.3 is 14.3 Å². The molecule has 1 saturated heterocycles. The number of imidazole rings is 1. The quantitative estimate of drug-likeness (QED) is 0.863. The minimum Gasteiger partial charge on any atom is -0.399 e. The van der Waals surface area contributed by atoms with E-state index in [-0.39, 0.29) is 16.9 Å². The molecule has 1 aromatic heterocycles. The molecule has 5 nitrogen and oxygen atoms in total. The molecule has 2 aliphatic rings. The van der Waals surface area contributed by atoms with Crippen molar-refractivity contribution in [2.45, 2.75) is 57.8 Å². The number of aromatic nitrogens is 2. The molecule has 4 rings (SSSR count). The maximum Gasteiger partial charge on any atom is 0.494 e. The largest absolute Gasteiger partial charge is 0.494 e. The molecular formula is C16H21BN2O3. The van der Waals surface area contributed by atoms with Gasteiger partial charge in [0, 0.05) is 6.04 Å². The predicted octanol–water partition coefficient (Wildman–Crippen LogP) is 1.96. The molecule has 0 bridgehead atoms. The first-order chi connectivity index (χ1) is 10.3. The van der Waals surface area contributed by atoms with Gasteiger partial charge >= 0.3 is 12.8 Å². The van der Waals surface area contributed by atoms with E-state index in [1.54, 1.807) is 0 Å². The van der Waals surface area contributed by atoms with Crippen molar-refractivity contribution < 1.29 is 9.31 Å².